The molecule has 0 aromatic heterocycles. The van der Waals surface area contributed by atoms with Crippen LogP contribution in [-0.4, -0.2) is 38.7 Å². The van der Waals surface area contributed by atoms with Crippen LogP contribution >= 0.6 is 0 Å². The Bertz CT molecular complexity index is 403. The first-order valence-electron chi connectivity index (χ1n) is 6.12. The van der Waals surface area contributed by atoms with Gasteiger partial charge in [-0.25, -0.2) is 0 Å². The highest BCUT2D eigenvalue weighted by molar-refractivity contribution is 5.95. The van der Waals surface area contributed by atoms with E-state index in [1.54, 1.807) is 7.11 Å². The lowest BCUT2D eigenvalue weighted by atomic mass is 10.2. The molecule has 1 heterocycles. The zero-order chi connectivity index (χ0) is 12.8. The van der Waals surface area contributed by atoms with Crippen molar-refractivity contribution in [3.8, 4) is 0 Å². The Morgan fingerprint density at radius 3 is 3.11 bits per heavy atom. The third-order valence-electron chi connectivity index (χ3n) is 2.86. The Hall–Kier alpha value is -1.43. The first-order chi connectivity index (χ1) is 8.79. The Labute approximate surface area is 107 Å². The van der Waals surface area contributed by atoms with E-state index in [4.69, 9.17) is 4.74 Å². The molecule has 0 spiro atoms. The average Bonchev–Trinajstić information content (AvgIpc) is 2.40. The van der Waals surface area contributed by atoms with Crippen molar-refractivity contribution in [2.24, 2.45) is 0 Å². The summed E-state index contributed by atoms with van der Waals surface area (Å²) < 4.78 is 5.07. The summed E-state index contributed by atoms with van der Waals surface area (Å²) in [7, 11) is 1.66. The second kappa shape index (κ2) is 6.49. The summed E-state index contributed by atoms with van der Waals surface area (Å²) in [5, 5.41) is 9.28. The second-order valence-corrected chi connectivity index (χ2v) is 4.33. The highest BCUT2D eigenvalue weighted by Crippen LogP contribution is 2.11. The number of piperazine rings is 1. The summed E-state index contributed by atoms with van der Waals surface area (Å²) in [6.07, 6.45) is 0. The van der Waals surface area contributed by atoms with Crippen molar-refractivity contribution in [1.82, 2.24) is 10.6 Å². The van der Waals surface area contributed by atoms with Gasteiger partial charge in [0.05, 0.1) is 12.6 Å². The van der Waals surface area contributed by atoms with Gasteiger partial charge in [0.1, 0.15) is 0 Å². The van der Waals surface area contributed by atoms with Crippen LogP contribution in [0.2, 0.25) is 0 Å². The van der Waals surface area contributed by atoms with Crippen LogP contribution in [0, 0.1) is 0 Å². The van der Waals surface area contributed by atoms with Crippen molar-refractivity contribution in [2.75, 3.05) is 32.1 Å². The monoisotopic (exact) mass is 249 g/mol. The number of ether oxygens (including phenoxy) is 1. The van der Waals surface area contributed by atoms with Gasteiger partial charge in [-0.3, -0.25) is 4.79 Å². The van der Waals surface area contributed by atoms with Gasteiger partial charge in [-0.1, -0.05) is 12.1 Å². The Morgan fingerprint density at radius 1 is 1.50 bits per heavy atom. The molecule has 0 radical (unpaired) electrons. The quantitative estimate of drug-likeness (QED) is 0.720. The van der Waals surface area contributed by atoms with E-state index in [0.717, 1.165) is 24.3 Å². The fourth-order valence-electron chi connectivity index (χ4n) is 1.97. The fourth-order valence-corrected chi connectivity index (χ4v) is 1.97. The number of methoxy groups -OCH3 is 1. The van der Waals surface area contributed by atoms with Crippen LogP contribution in [0.3, 0.4) is 0 Å². The molecule has 5 heteroatoms. The zero-order valence-electron chi connectivity index (χ0n) is 10.5. The van der Waals surface area contributed by atoms with E-state index in [0.29, 0.717) is 13.2 Å². The van der Waals surface area contributed by atoms with Crippen LogP contribution in [0.25, 0.3) is 0 Å². The number of hydrogen-bond acceptors (Lipinski definition) is 4. The van der Waals surface area contributed by atoms with Gasteiger partial charge in [0.25, 0.3) is 0 Å². The maximum atomic E-state index is 12.0. The van der Waals surface area contributed by atoms with Crippen LogP contribution in [0.5, 0.6) is 0 Å². The molecule has 1 atom stereocenters. The Morgan fingerprint density at radius 2 is 2.39 bits per heavy atom. The van der Waals surface area contributed by atoms with E-state index in [-0.39, 0.29) is 11.9 Å². The molecule has 2 rings (SSSR count). The van der Waals surface area contributed by atoms with Gasteiger partial charge in [-0.05, 0) is 17.7 Å². The molecule has 1 amide bonds. The first kappa shape index (κ1) is 13.0. The van der Waals surface area contributed by atoms with Gasteiger partial charge in [0.2, 0.25) is 5.91 Å². The molecule has 3 N–H and O–H groups in total. The first-order valence-corrected chi connectivity index (χ1v) is 6.12. The number of anilines is 1. The van der Waals surface area contributed by atoms with Gasteiger partial charge >= 0.3 is 0 Å². The molecule has 1 unspecified atom stereocenters. The van der Waals surface area contributed by atoms with Crippen LogP contribution < -0.4 is 16.0 Å². The smallest absolute Gasteiger partial charge is 0.242 e. The van der Waals surface area contributed by atoms with Crippen molar-refractivity contribution < 1.29 is 9.53 Å². The Balaban J connectivity index is 1.95. The molecule has 5 nitrogen and oxygen atoms in total. The molecule has 1 aliphatic rings. The molecule has 1 fully saturated rings. The Kier molecular flexibility index (Phi) is 4.69. The van der Waals surface area contributed by atoms with E-state index < -0.39 is 0 Å². The van der Waals surface area contributed by atoms with Crippen molar-refractivity contribution >= 4 is 11.6 Å². The van der Waals surface area contributed by atoms with Crippen LogP contribution in [0.4, 0.5) is 5.69 Å². The molecule has 98 valence electrons. The van der Waals surface area contributed by atoms with E-state index in [2.05, 4.69) is 16.0 Å². The molecular formula is C13H19N3O2. The van der Waals surface area contributed by atoms with Crippen LogP contribution in [-0.2, 0) is 16.1 Å². The summed E-state index contributed by atoms with van der Waals surface area (Å²) in [5.41, 5.74) is 1.85. The largest absolute Gasteiger partial charge is 0.380 e. The predicted molar refractivity (Wildman–Crippen MR) is 70.4 cm³/mol. The van der Waals surface area contributed by atoms with Crippen molar-refractivity contribution in [2.45, 2.75) is 12.6 Å². The number of rotatable bonds is 4. The summed E-state index contributed by atoms with van der Waals surface area (Å²) in [6, 6.07) is 7.53. The number of benzene rings is 1. The van der Waals surface area contributed by atoms with E-state index in [1.807, 2.05) is 24.3 Å². The number of carbonyl (C=O) groups is 1. The molecular weight excluding hydrogens is 230 g/mol. The number of carbonyl (C=O) groups excluding carboxylic acids is 1. The minimum Gasteiger partial charge on any atom is -0.380 e. The number of nitrogens with one attached hydrogen (secondary N) is 3. The average molecular weight is 249 g/mol. The van der Waals surface area contributed by atoms with E-state index in [1.165, 1.54) is 0 Å². The second-order valence-electron chi connectivity index (χ2n) is 4.33. The molecule has 1 aliphatic heterocycles. The molecule has 1 aromatic carbocycles. The van der Waals surface area contributed by atoms with Crippen molar-refractivity contribution in [3.05, 3.63) is 29.8 Å². The molecule has 1 aromatic rings. The van der Waals surface area contributed by atoms with Crippen molar-refractivity contribution in [3.63, 3.8) is 0 Å². The van der Waals surface area contributed by atoms with Gasteiger partial charge in [-0.15, -0.1) is 0 Å². The predicted octanol–water partition coefficient (Wildman–Crippen LogP) is 0.333. The van der Waals surface area contributed by atoms with E-state index in [9.17, 15) is 4.79 Å². The molecule has 0 bridgehead atoms. The summed E-state index contributed by atoms with van der Waals surface area (Å²) in [4.78, 5) is 12.0. The highest BCUT2D eigenvalue weighted by Gasteiger charge is 2.20. The highest BCUT2D eigenvalue weighted by atomic mass is 16.5. The standard InChI is InChI=1S/C13H19N3O2/c1-18-9-10-3-2-4-11(7-10)16-13(17)12-8-14-5-6-15-12/h2-4,7,12,14-15H,5-6,8-9H2,1H3,(H,16,17). The topological polar surface area (TPSA) is 62.4 Å². The van der Waals surface area contributed by atoms with E-state index >= 15 is 0 Å². The van der Waals surface area contributed by atoms with Gasteiger partial charge in [0, 0.05) is 32.4 Å². The number of hydrogen-bond donors (Lipinski definition) is 3. The minimum absolute atomic E-state index is 0.00299. The van der Waals surface area contributed by atoms with Gasteiger partial charge in [-0.2, -0.15) is 0 Å². The van der Waals surface area contributed by atoms with Gasteiger partial charge in [0.15, 0.2) is 0 Å². The number of amides is 1. The van der Waals surface area contributed by atoms with Crippen LogP contribution in [0.15, 0.2) is 24.3 Å². The molecule has 0 saturated carbocycles. The fraction of sp³-hybridized carbons (Fsp3) is 0.462. The summed E-state index contributed by atoms with van der Waals surface area (Å²) >= 11 is 0. The van der Waals surface area contributed by atoms with Crippen molar-refractivity contribution in [1.29, 1.82) is 0 Å². The SMILES string of the molecule is COCc1cccc(NC(=O)C2CNCCN2)c1. The third-order valence-corrected chi connectivity index (χ3v) is 2.86. The summed E-state index contributed by atoms with van der Waals surface area (Å²) in [6.45, 7) is 2.95. The van der Waals surface area contributed by atoms with Gasteiger partial charge < -0.3 is 20.7 Å². The molecule has 18 heavy (non-hydrogen) atoms. The maximum Gasteiger partial charge on any atom is 0.242 e. The minimum atomic E-state index is -0.162. The zero-order valence-corrected chi connectivity index (χ0v) is 10.5. The third kappa shape index (κ3) is 3.53. The lowest BCUT2D eigenvalue weighted by molar-refractivity contribution is -0.118. The lowest BCUT2D eigenvalue weighted by Crippen LogP contribution is -2.54. The maximum absolute atomic E-state index is 12.0. The normalized spacial score (nSPS) is 19.5. The van der Waals surface area contributed by atoms with Crippen LogP contribution in [0.1, 0.15) is 5.56 Å². The molecule has 0 aliphatic carbocycles. The molecule has 1 saturated heterocycles. The summed E-state index contributed by atoms with van der Waals surface area (Å²) in [5.74, 6) is -0.00299. The lowest BCUT2D eigenvalue weighted by Gasteiger charge is -2.23.